The van der Waals surface area contributed by atoms with Gasteiger partial charge in [-0.1, -0.05) is 25.2 Å². The van der Waals surface area contributed by atoms with Gasteiger partial charge in [-0.05, 0) is 56.9 Å². The van der Waals surface area contributed by atoms with Gasteiger partial charge in [0.05, 0.1) is 24.9 Å². The summed E-state index contributed by atoms with van der Waals surface area (Å²) in [6, 6.07) is 4.08. The van der Waals surface area contributed by atoms with Crippen LogP contribution < -0.4 is 16.0 Å². The molecule has 1 aromatic carbocycles. The van der Waals surface area contributed by atoms with Crippen molar-refractivity contribution in [3.05, 3.63) is 68.4 Å². The maximum atomic E-state index is 13.9. The fourth-order valence-corrected chi connectivity index (χ4v) is 5.04. The Labute approximate surface area is 227 Å². The Morgan fingerprint density at radius 2 is 1.82 bits per heavy atom. The van der Waals surface area contributed by atoms with Crippen LogP contribution in [0, 0.1) is 18.7 Å². The van der Waals surface area contributed by atoms with E-state index in [1.807, 2.05) is 13.8 Å². The predicted molar refractivity (Wildman–Crippen MR) is 146 cm³/mol. The largest absolute Gasteiger partial charge is 0.496 e. The molecule has 0 spiro atoms. The molecule has 2 N–H and O–H groups in total. The van der Waals surface area contributed by atoms with Crippen molar-refractivity contribution in [2.75, 3.05) is 13.7 Å². The van der Waals surface area contributed by atoms with Gasteiger partial charge >= 0.3 is 11.7 Å². The van der Waals surface area contributed by atoms with Crippen molar-refractivity contribution in [1.29, 1.82) is 0 Å². The lowest BCUT2D eigenvalue weighted by atomic mass is 10.1. The van der Waals surface area contributed by atoms with Crippen LogP contribution in [-0.2, 0) is 23.3 Å². The van der Waals surface area contributed by atoms with Crippen molar-refractivity contribution in [1.82, 2.24) is 24.1 Å². The van der Waals surface area contributed by atoms with E-state index in [0.29, 0.717) is 39.2 Å². The van der Waals surface area contributed by atoms with Crippen LogP contribution in [0.2, 0.25) is 0 Å². The molecule has 0 saturated heterocycles. The van der Waals surface area contributed by atoms with Crippen molar-refractivity contribution in [3.8, 4) is 10.8 Å². The molecule has 0 bridgehead atoms. The highest BCUT2D eigenvalue weighted by Crippen LogP contribution is 2.31. The van der Waals surface area contributed by atoms with Crippen LogP contribution in [0.3, 0.4) is 0 Å². The summed E-state index contributed by atoms with van der Waals surface area (Å²) in [7, 11) is 1.46. The first-order chi connectivity index (χ1) is 18.3. The zero-order valence-corrected chi connectivity index (χ0v) is 23.5. The Balaban J connectivity index is 0.000000771. The van der Waals surface area contributed by atoms with Crippen molar-refractivity contribution < 1.29 is 24.1 Å². The Kier molecular flexibility index (Phi) is 9.07. The number of halogens is 1. The van der Waals surface area contributed by atoms with Crippen LogP contribution in [0.25, 0.3) is 15.2 Å². The van der Waals surface area contributed by atoms with E-state index in [1.165, 1.54) is 60.9 Å². The number of carboxylic acid groups (broad SMARTS) is 1. The molecule has 0 radical (unpaired) electrons. The van der Waals surface area contributed by atoms with Crippen LogP contribution in [0.4, 0.5) is 4.39 Å². The molecule has 4 aromatic rings. The highest BCUT2D eigenvalue weighted by molar-refractivity contribution is 7.21. The van der Waals surface area contributed by atoms with Gasteiger partial charge in [-0.3, -0.25) is 9.36 Å². The molecule has 3 aromatic heterocycles. The molecule has 0 atom stereocenters. The lowest BCUT2D eigenvalue weighted by Crippen LogP contribution is -2.52. The third kappa shape index (κ3) is 5.93. The molecule has 0 saturated carbocycles. The van der Waals surface area contributed by atoms with Crippen molar-refractivity contribution in [3.63, 3.8) is 0 Å². The zero-order valence-electron chi connectivity index (χ0n) is 22.6. The summed E-state index contributed by atoms with van der Waals surface area (Å²) in [5.41, 5.74) is -2.24. The Morgan fingerprint density at radius 1 is 1.21 bits per heavy atom. The molecule has 39 heavy (non-hydrogen) atoms. The predicted octanol–water partition coefficient (Wildman–Crippen LogP) is 2.96. The topological polar surface area (TPSA) is 141 Å². The Morgan fingerprint density at radius 3 is 2.36 bits per heavy atom. The van der Waals surface area contributed by atoms with Gasteiger partial charge < -0.3 is 14.9 Å². The summed E-state index contributed by atoms with van der Waals surface area (Å²) in [5.74, 6) is -0.890. The number of aryl methyl sites for hydroxylation is 3. The van der Waals surface area contributed by atoms with Crippen molar-refractivity contribution >= 4 is 27.5 Å². The van der Waals surface area contributed by atoms with Gasteiger partial charge in [0.15, 0.2) is 0 Å². The number of aliphatic carboxylic acids is 1. The molecule has 0 unspecified atom stereocenters. The number of aromatic nitrogens is 5. The Hall–Kier alpha value is -3.84. The first-order valence-electron chi connectivity index (χ1n) is 12.2. The maximum Gasteiger partial charge on any atom is 0.333 e. The summed E-state index contributed by atoms with van der Waals surface area (Å²) < 4.78 is 21.3. The molecule has 0 aliphatic heterocycles. The van der Waals surface area contributed by atoms with Crippen molar-refractivity contribution in [2.24, 2.45) is 5.92 Å². The first-order valence-corrected chi connectivity index (χ1v) is 13.0. The molecular formula is C26H32FN5O6S. The van der Waals surface area contributed by atoms with E-state index < -0.39 is 28.6 Å². The highest BCUT2D eigenvalue weighted by Gasteiger charge is 2.35. The fraction of sp³-hybridized carbons (Fsp3) is 0.423. The third-order valence-electron chi connectivity index (χ3n) is 6.08. The fourth-order valence-electron chi connectivity index (χ4n) is 3.81. The number of benzene rings is 1. The van der Waals surface area contributed by atoms with Gasteiger partial charge in [-0.2, -0.15) is 10.2 Å². The van der Waals surface area contributed by atoms with E-state index >= 15 is 0 Å². The number of hydrogen-bond donors (Lipinski definition) is 2. The summed E-state index contributed by atoms with van der Waals surface area (Å²) in [5, 5.41) is 26.9. The second kappa shape index (κ2) is 11.9. The molecule has 13 heteroatoms. The molecule has 0 aliphatic carbocycles. The summed E-state index contributed by atoms with van der Waals surface area (Å²) in [4.78, 5) is 40.6. The second-order valence-corrected chi connectivity index (χ2v) is 10.7. The monoisotopic (exact) mass is 561 g/mol. The second-order valence-electron chi connectivity index (χ2n) is 9.75. The number of thiophene rings is 1. The number of fused-ring (bicyclic) bond motifs is 1. The van der Waals surface area contributed by atoms with Gasteiger partial charge in [0.25, 0.3) is 5.56 Å². The molecular weight excluding hydrogens is 529 g/mol. The van der Waals surface area contributed by atoms with E-state index in [0.717, 1.165) is 15.9 Å². The number of aliphatic hydroxyl groups is 1. The number of hydrogen-bond acceptors (Lipinski definition) is 8. The number of aliphatic hydroxyl groups excluding tert-OH is 1. The number of methoxy groups -OCH3 is 1. The molecule has 4 rings (SSSR count). The lowest BCUT2D eigenvalue weighted by Gasteiger charge is -2.23. The highest BCUT2D eigenvalue weighted by atomic mass is 32.1. The average Bonchev–Trinajstić information content (AvgIpc) is 3.52. The van der Waals surface area contributed by atoms with Gasteiger partial charge in [0.2, 0.25) is 0 Å². The summed E-state index contributed by atoms with van der Waals surface area (Å²) >= 11 is 1.15. The SMILES string of the molecule is CC(C)CO.COc1ccc(F)cc1CCn1c(=O)n(C(C)(C)C(=O)O)c(=O)c2c(C)c(-n3nccn3)sc21. The molecule has 0 amide bonds. The molecule has 0 aliphatic rings. The molecule has 210 valence electrons. The maximum absolute atomic E-state index is 13.9. The van der Waals surface area contributed by atoms with Gasteiger partial charge in [0, 0.05) is 18.7 Å². The first kappa shape index (κ1) is 29.7. The standard InChI is InChI=1S/C22H22FN5O5S.C4H10O/c1-12-16-17(29)27(22(2,3)20(30)31)21(32)26(19(16)34-18(12)28-24-8-9-25-28)10-7-13-11-14(23)5-6-15(13)33-4;1-4(2)3-5/h5-6,8-9,11H,7,10H2,1-4H3,(H,30,31);4-5H,3H2,1-2H3. The average molecular weight is 562 g/mol. The van der Waals surface area contributed by atoms with E-state index in [4.69, 9.17) is 9.84 Å². The van der Waals surface area contributed by atoms with Gasteiger partial charge in [-0.25, -0.2) is 18.5 Å². The summed E-state index contributed by atoms with van der Waals surface area (Å²) in [6.45, 7) is 8.58. The van der Waals surface area contributed by atoms with Crippen LogP contribution in [-0.4, -0.2) is 54.0 Å². The quantitative estimate of drug-likeness (QED) is 0.335. The number of rotatable bonds is 8. The van der Waals surface area contributed by atoms with Crippen molar-refractivity contribution in [2.45, 2.75) is 53.1 Å². The smallest absolute Gasteiger partial charge is 0.333 e. The minimum atomic E-state index is -1.81. The van der Waals surface area contributed by atoms with Crippen LogP contribution >= 0.6 is 11.3 Å². The summed E-state index contributed by atoms with van der Waals surface area (Å²) in [6.07, 6.45) is 3.17. The van der Waals surface area contributed by atoms with Crippen LogP contribution in [0.1, 0.15) is 38.8 Å². The minimum absolute atomic E-state index is 0.0526. The van der Waals surface area contributed by atoms with E-state index in [1.54, 1.807) is 6.92 Å². The molecule has 0 fully saturated rings. The Bertz CT molecular complexity index is 1590. The number of nitrogens with zero attached hydrogens (tertiary/aromatic N) is 5. The lowest BCUT2D eigenvalue weighted by molar-refractivity contribution is -0.146. The normalized spacial score (nSPS) is 11.5. The van der Waals surface area contributed by atoms with Crippen LogP contribution in [0.5, 0.6) is 5.75 Å². The van der Waals surface area contributed by atoms with E-state index in [9.17, 15) is 23.9 Å². The minimum Gasteiger partial charge on any atom is -0.496 e. The molecule has 11 nitrogen and oxygen atoms in total. The molecule has 3 heterocycles. The van der Waals surface area contributed by atoms with E-state index in [2.05, 4.69) is 10.2 Å². The van der Waals surface area contributed by atoms with Gasteiger partial charge in [-0.15, -0.1) is 4.80 Å². The van der Waals surface area contributed by atoms with Gasteiger partial charge in [0.1, 0.15) is 26.9 Å². The number of carbonyl (C=O) groups is 1. The van der Waals surface area contributed by atoms with E-state index in [-0.39, 0.29) is 18.4 Å². The van der Waals surface area contributed by atoms with Crippen LogP contribution in [0.15, 0.2) is 40.2 Å². The zero-order chi connectivity index (χ0) is 29.1. The number of ether oxygens (including phenoxy) is 1. The third-order valence-corrected chi connectivity index (χ3v) is 7.36. The number of carboxylic acids is 1.